The van der Waals surface area contributed by atoms with E-state index in [1.807, 2.05) is 24.3 Å². The zero-order valence-corrected chi connectivity index (χ0v) is 12.3. The molecule has 0 spiro atoms. The molecule has 0 saturated heterocycles. The Morgan fingerprint density at radius 3 is 1.65 bits per heavy atom. The fourth-order valence-corrected chi connectivity index (χ4v) is 2.44. The molecule has 1 N–H and O–H groups in total. The molecular weight excluding hydrogens is 312 g/mol. The molecule has 0 aliphatic rings. The van der Waals surface area contributed by atoms with Crippen LogP contribution in [-0.2, 0) is 0 Å². The van der Waals surface area contributed by atoms with Crippen LogP contribution in [0.2, 0.25) is 0 Å². The van der Waals surface area contributed by atoms with Gasteiger partial charge in [0.1, 0.15) is 5.75 Å². The predicted octanol–water partition coefficient (Wildman–Crippen LogP) is 5.49. The first kappa shape index (κ1) is 12.9. The second-order valence-corrected chi connectivity index (χ2v) is 5.55. The summed E-state index contributed by atoms with van der Waals surface area (Å²) in [6.07, 6.45) is 0. The van der Waals surface area contributed by atoms with Gasteiger partial charge < -0.3 is 5.11 Å². The summed E-state index contributed by atoms with van der Waals surface area (Å²) in [5, 5.41) is 9.36. The Kier molecular flexibility index (Phi) is 3.57. The molecule has 0 radical (unpaired) electrons. The van der Waals surface area contributed by atoms with Crippen LogP contribution in [0.4, 0.5) is 0 Å². The lowest BCUT2D eigenvalue weighted by atomic mass is 9.99. The lowest BCUT2D eigenvalue weighted by molar-refractivity contribution is 0.475. The van der Waals surface area contributed by atoms with E-state index < -0.39 is 0 Å². The van der Waals surface area contributed by atoms with Crippen molar-refractivity contribution >= 4 is 15.9 Å². The monoisotopic (exact) mass is 324 g/mol. The summed E-state index contributed by atoms with van der Waals surface area (Å²) in [5.74, 6) is 0.290. The summed E-state index contributed by atoms with van der Waals surface area (Å²) in [6, 6.07) is 24.0. The summed E-state index contributed by atoms with van der Waals surface area (Å²) in [7, 11) is 0. The number of phenolic OH excluding ortho intramolecular Hbond substituents is 1. The van der Waals surface area contributed by atoms with Crippen molar-refractivity contribution in [2.75, 3.05) is 0 Å². The van der Waals surface area contributed by atoms with Crippen molar-refractivity contribution in [3.63, 3.8) is 0 Å². The molecule has 1 nitrogen and oxygen atoms in total. The van der Waals surface area contributed by atoms with Crippen molar-refractivity contribution in [3.05, 3.63) is 77.3 Å². The van der Waals surface area contributed by atoms with Gasteiger partial charge in [0.2, 0.25) is 0 Å². The van der Waals surface area contributed by atoms with Crippen LogP contribution in [-0.4, -0.2) is 5.11 Å². The maximum Gasteiger partial charge on any atom is 0.115 e. The minimum atomic E-state index is 0.290. The number of phenols is 1. The lowest BCUT2D eigenvalue weighted by Crippen LogP contribution is -1.81. The van der Waals surface area contributed by atoms with Gasteiger partial charge in [0, 0.05) is 4.47 Å². The minimum Gasteiger partial charge on any atom is -0.508 e. The highest BCUT2D eigenvalue weighted by Gasteiger charge is 2.02. The van der Waals surface area contributed by atoms with E-state index in [0.29, 0.717) is 0 Å². The Bertz CT molecular complexity index is 654. The zero-order chi connectivity index (χ0) is 13.9. The molecule has 0 atom stereocenters. The molecule has 3 rings (SSSR count). The highest BCUT2D eigenvalue weighted by Crippen LogP contribution is 2.28. The number of halogens is 1. The number of hydrogen-bond donors (Lipinski definition) is 1. The average molecular weight is 325 g/mol. The molecule has 20 heavy (non-hydrogen) atoms. The summed E-state index contributed by atoms with van der Waals surface area (Å²) in [5.41, 5.74) is 4.61. The van der Waals surface area contributed by atoms with Crippen LogP contribution in [0.15, 0.2) is 77.3 Å². The maximum absolute atomic E-state index is 9.36. The molecule has 0 unspecified atom stereocenters. The second kappa shape index (κ2) is 5.51. The van der Waals surface area contributed by atoms with E-state index in [2.05, 4.69) is 52.3 Å². The fraction of sp³-hybridized carbons (Fsp3) is 0. The Hall–Kier alpha value is -2.06. The smallest absolute Gasteiger partial charge is 0.115 e. The van der Waals surface area contributed by atoms with E-state index in [1.165, 1.54) is 11.1 Å². The second-order valence-electron chi connectivity index (χ2n) is 4.63. The van der Waals surface area contributed by atoms with Crippen LogP contribution in [0.1, 0.15) is 0 Å². The van der Waals surface area contributed by atoms with Gasteiger partial charge in [-0.25, -0.2) is 0 Å². The molecule has 0 heterocycles. The fourth-order valence-electron chi connectivity index (χ4n) is 2.17. The van der Waals surface area contributed by atoms with Gasteiger partial charge in [-0.15, -0.1) is 0 Å². The normalized spacial score (nSPS) is 10.4. The van der Waals surface area contributed by atoms with Crippen molar-refractivity contribution in [2.24, 2.45) is 0 Å². The first-order valence-corrected chi connectivity index (χ1v) is 7.17. The van der Waals surface area contributed by atoms with E-state index in [1.54, 1.807) is 12.1 Å². The van der Waals surface area contributed by atoms with Crippen LogP contribution >= 0.6 is 15.9 Å². The first-order valence-electron chi connectivity index (χ1n) is 6.38. The third-order valence-electron chi connectivity index (χ3n) is 3.24. The summed E-state index contributed by atoms with van der Waals surface area (Å²) in [6.45, 7) is 0. The van der Waals surface area contributed by atoms with Gasteiger partial charge in [-0.1, -0.05) is 58.4 Å². The molecule has 0 fully saturated rings. The van der Waals surface area contributed by atoms with Crippen LogP contribution in [0.3, 0.4) is 0 Å². The van der Waals surface area contributed by atoms with Crippen molar-refractivity contribution in [3.8, 4) is 28.0 Å². The van der Waals surface area contributed by atoms with Gasteiger partial charge in [0.25, 0.3) is 0 Å². The van der Waals surface area contributed by atoms with Gasteiger partial charge in [-0.05, 0) is 52.6 Å². The highest BCUT2D eigenvalue weighted by molar-refractivity contribution is 9.10. The van der Waals surface area contributed by atoms with Crippen LogP contribution < -0.4 is 0 Å². The molecule has 3 aromatic carbocycles. The SMILES string of the molecule is Oc1ccc(-c2cccc(-c3ccc(Br)cc3)c2)cc1. The zero-order valence-electron chi connectivity index (χ0n) is 10.8. The molecule has 0 saturated carbocycles. The molecule has 98 valence electrons. The van der Waals surface area contributed by atoms with E-state index in [9.17, 15) is 5.11 Å². The molecule has 3 aromatic rings. The van der Waals surface area contributed by atoms with Crippen LogP contribution in [0.5, 0.6) is 5.75 Å². The lowest BCUT2D eigenvalue weighted by Gasteiger charge is -2.06. The van der Waals surface area contributed by atoms with Crippen LogP contribution in [0.25, 0.3) is 22.3 Å². The average Bonchev–Trinajstić information content (AvgIpc) is 2.49. The minimum absolute atomic E-state index is 0.290. The number of benzene rings is 3. The van der Waals surface area contributed by atoms with E-state index >= 15 is 0 Å². The third kappa shape index (κ3) is 2.75. The molecule has 0 aromatic heterocycles. The van der Waals surface area contributed by atoms with Gasteiger partial charge in [-0.3, -0.25) is 0 Å². The predicted molar refractivity (Wildman–Crippen MR) is 86.7 cm³/mol. The Labute approximate surface area is 126 Å². The largest absolute Gasteiger partial charge is 0.508 e. The van der Waals surface area contributed by atoms with Gasteiger partial charge in [-0.2, -0.15) is 0 Å². The first-order chi connectivity index (χ1) is 9.72. The highest BCUT2D eigenvalue weighted by atomic mass is 79.9. The molecular formula is C18H13BrO. The standard InChI is InChI=1S/C18H13BrO/c19-17-8-4-13(5-9-17)15-2-1-3-16(12-15)14-6-10-18(20)11-7-14/h1-12,20H. The Morgan fingerprint density at radius 2 is 1.10 bits per heavy atom. The van der Waals surface area contributed by atoms with Crippen molar-refractivity contribution in [1.29, 1.82) is 0 Å². The van der Waals surface area contributed by atoms with E-state index in [0.717, 1.165) is 15.6 Å². The molecule has 0 aliphatic carbocycles. The quantitative estimate of drug-likeness (QED) is 0.661. The van der Waals surface area contributed by atoms with E-state index in [4.69, 9.17) is 0 Å². The summed E-state index contributed by atoms with van der Waals surface area (Å²) < 4.78 is 1.08. The third-order valence-corrected chi connectivity index (χ3v) is 3.77. The Balaban J connectivity index is 2.01. The molecule has 0 aliphatic heterocycles. The summed E-state index contributed by atoms with van der Waals surface area (Å²) in [4.78, 5) is 0. The van der Waals surface area contributed by atoms with Crippen molar-refractivity contribution < 1.29 is 5.11 Å². The molecule has 2 heteroatoms. The van der Waals surface area contributed by atoms with Gasteiger partial charge >= 0.3 is 0 Å². The topological polar surface area (TPSA) is 20.2 Å². The number of aromatic hydroxyl groups is 1. The maximum atomic E-state index is 9.36. The van der Waals surface area contributed by atoms with E-state index in [-0.39, 0.29) is 5.75 Å². The number of hydrogen-bond acceptors (Lipinski definition) is 1. The van der Waals surface area contributed by atoms with Crippen LogP contribution in [0, 0.1) is 0 Å². The Morgan fingerprint density at radius 1 is 0.600 bits per heavy atom. The van der Waals surface area contributed by atoms with Gasteiger partial charge in [0.05, 0.1) is 0 Å². The number of rotatable bonds is 2. The van der Waals surface area contributed by atoms with Gasteiger partial charge in [0.15, 0.2) is 0 Å². The molecule has 0 amide bonds. The summed E-state index contributed by atoms with van der Waals surface area (Å²) >= 11 is 3.45. The molecule has 0 bridgehead atoms. The van der Waals surface area contributed by atoms with Crippen molar-refractivity contribution in [2.45, 2.75) is 0 Å². The van der Waals surface area contributed by atoms with Crippen molar-refractivity contribution in [1.82, 2.24) is 0 Å².